The number of aromatic amines is 2. The van der Waals surface area contributed by atoms with Crippen LogP contribution in [0.2, 0.25) is 0 Å². The lowest BCUT2D eigenvalue weighted by Crippen LogP contribution is -2.50. The number of H-pyrrole nitrogens is 2. The van der Waals surface area contributed by atoms with Crippen LogP contribution < -0.4 is 16.0 Å². The number of hydrogen-bond acceptors (Lipinski definition) is 8. The van der Waals surface area contributed by atoms with Gasteiger partial charge < -0.3 is 35.6 Å². The van der Waals surface area contributed by atoms with E-state index in [0.29, 0.717) is 18.1 Å². The van der Waals surface area contributed by atoms with Gasteiger partial charge in [0, 0.05) is 36.8 Å². The second kappa shape index (κ2) is 15.3. The smallest absolute Gasteiger partial charge is 0.407 e. The Morgan fingerprint density at radius 2 is 1.73 bits per heavy atom. The van der Waals surface area contributed by atoms with Crippen molar-refractivity contribution in [2.75, 3.05) is 33.8 Å². The number of nitrogens with one attached hydrogen (secondary N) is 5. The number of unbranched alkanes of at least 4 members (excludes halogenated alkanes) is 1. The fraction of sp³-hybridized carbons (Fsp3) is 0.421. The summed E-state index contributed by atoms with van der Waals surface area (Å²) in [5.74, 6) is 2.07. The molecule has 1 saturated carbocycles. The third-order valence-electron chi connectivity index (χ3n) is 10.3. The topological polar surface area (TPSA) is 170 Å². The van der Waals surface area contributed by atoms with Gasteiger partial charge in [-0.3, -0.25) is 9.59 Å². The molecule has 2 unspecified atom stereocenters. The van der Waals surface area contributed by atoms with E-state index in [9.17, 15) is 14.4 Å². The predicted molar refractivity (Wildman–Crippen MR) is 195 cm³/mol. The summed E-state index contributed by atoms with van der Waals surface area (Å²) in [6, 6.07) is 14.7. The molecular weight excluding hydrogens is 646 g/mol. The number of pyridine rings is 1. The van der Waals surface area contributed by atoms with Crippen molar-refractivity contribution >= 4 is 39.8 Å². The summed E-state index contributed by atoms with van der Waals surface area (Å²) in [4.78, 5) is 59.5. The van der Waals surface area contributed by atoms with Gasteiger partial charge in [0.25, 0.3) is 0 Å². The minimum Gasteiger partial charge on any atom is -0.453 e. The molecule has 4 heterocycles. The molecule has 2 atom stereocenters. The van der Waals surface area contributed by atoms with Crippen LogP contribution in [-0.2, 0) is 20.7 Å². The Hall–Kier alpha value is -5.30. The van der Waals surface area contributed by atoms with Gasteiger partial charge in [0.05, 0.1) is 43.1 Å². The van der Waals surface area contributed by atoms with Crippen LogP contribution in [-0.4, -0.2) is 87.6 Å². The van der Waals surface area contributed by atoms with Gasteiger partial charge in [0.15, 0.2) is 5.65 Å². The van der Waals surface area contributed by atoms with Crippen molar-refractivity contribution < 1.29 is 19.1 Å². The van der Waals surface area contributed by atoms with Gasteiger partial charge >= 0.3 is 6.09 Å². The minimum atomic E-state index is -0.630. The number of aryl methyl sites for hydroxylation is 1. The number of carbonyl (C=O) groups is 3. The summed E-state index contributed by atoms with van der Waals surface area (Å²) in [7, 11) is 3.15. The number of likely N-dealkylation sites (tertiary alicyclic amines) is 1. The number of amides is 3. The molecule has 1 aliphatic heterocycles. The van der Waals surface area contributed by atoms with Gasteiger partial charge in [-0.15, -0.1) is 0 Å². The normalized spacial score (nSPS) is 16.7. The van der Waals surface area contributed by atoms with Crippen LogP contribution in [0.4, 0.5) is 4.79 Å². The van der Waals surface area contributed by atoms with E-state index >= 15 is 0 Å². The Balaban J connectivity index is 0.975. The Labute approximate surface area is 296 Å². The Kier molecular flexibility index (Phi) is 10.2. The Morgan fingerprint density at radius 1 is 0.922 bits per heavy atom. The first kappa shape index (κ1) is 34.2. The molecule has 3 amide bonds. The number of ether oxygens (including phenoxy) is 1. The van der Waals surface area contributed by atoms with Crippen molar-refractivity contribution in [3.8, 4) is 22.4 Å². The number of methoxy groups -OCH3 is 1. The number of alkyl carbamates (subject to hydrolysis) is 1. The number of likely N-dealkylation sites (N-methyl/N-ethyl adjacent to an activating group) is 1. The van der Waals surface area contributed by atoms with Crippen LogP contribution in [0.1, 0.15) is 62.6 Å². The number of hydrogen-bond donors (Lipinski definition) is 5. The fourth-order valence-corrected chi connectivity index (χ4v) is 7.22. The van der Waals surface area contributed by atoms with Crippen LogP contribution in [0, 0.1) is 5.92 Å². The van der Waals surface area contributed by atoms with Gasteiger partial charge in [-0.1, -0.05) is 30.7 Å². The maximum Gasteiger partial charge on any atom is 0.407 e. The summed E-state index contributed by atoms with van der Waals surface area (Å²) in [5.41, 5.74) is 5.61. The molecule has 3 aromatic heterocycles. The van der Waals surface area contributed by atoms with Crippen molar-refractivity contribution in [1.82, 2.24) is 45.8 Å². The number of carbonyl (C=O) groups excluding carboxylic acids is 3. The molecule has 1 saturated heterocycles. The molecule has 2 aromatic carbocycles. The van der Waals surface area contributed by atoms with Crippen molar-refractivity contribution in [3.05, 3.63) is 66.5 Å². The highest BCUT2D eigenvalue weighted by Crippen LogP contribution is 2.36. The first-order valence-corrected chi connectivity index (χ1v) is 17.9. The molecule has 1 aliphatic carbocycles. The molecule has 0 radical (unpaired) electrons. The van der Waals surface area contributed by atoms with Crippen LogP contribution in [0.15, 0.2) is 54.9 Å². The number of fused-ring (bicyclic) bond motifs is 2. The lowest BCUT2D eigenvalue weighted by Gasteiger charge is -2.36. The largest absolute Gasteiger partial charge is 0.453 e. The highest BCUT2D eigenvalue weighted by Gasteiger charge is 2.39. The van der Waals surface area contributed by atoms with Crippen LogP contribution in [0.25, 0.3) is 44.3 Å². The highest BCUT2D eigenvalue weighted by molar-refractivity contribution is 5.91. The number of benzene rings is 2. The van der Waals surface area contributed by atoms with Crippen molar-refractivity contribution in [3.63, 3.8) is 0 Å². The first-order chi connectivity index (χ1) is 24.9. The second-order valence-corrected chi connectivity index (χ2v) is 13.5. The monoisotopic (exact) mass is 691 g/mol. The van der Waals surface area contributed by atoms with Gasteiger partial charge in [-0.05, 0) is 86.0 Å². The number of aromatic nitrogens is 5. The van der Waals surface area contributed by atoms with Crippen LogP contribution in [0.5, 0.6) is 0 Å². The molecule has 7 rings (SSSR count). The zero-order chi connectivity index (χ0) is 35.3. The molecule has 0 spiro atoms. The first-order valence-electron chi connectivity index (χ1n) is 17.9. The van der Waals surface area contributed by atoms with Crippen molar-refractivity contribution in [2.45, 2.75) is 63.5 Å². The molecule has 5 aromatic rings. The molecule has 2 aliphatic rings. The highest BCUT2D eigenvalue weighted by atomic mass is 16.5. The molecule has 51 heavy (non-hydrogen) atoms. The predicted octanol–water partition coefficient (Wildman–Crippen LogP) is 5.01. The average Bonchev–Trinajstić information content (AvgIpc) is 3.91. The SMILES string of the molecule is CNC(C(=O)N1CCCC1c1nc2ncc(-c3ccc4cc(-c5cnc(CCCCNC(=O)CNC(=O)OC)[nH]5)ccc4c3)cc2[nH]1)C1CCC1. The summed E-state index contributed by atoms with van der Waals surface area (Å²) < 4.78 is 4.46. The van der Waals surface area contributed by atoms with E-state index in [0.717, 1.165) is 102 Å². The number of imidazole rings is 2. The third kappa shape index (κ3) is 7.58. The Morgan fingerprint density at radius 3 is 2.49 bits per heavy atom. The molecule has 2 fully saturated rings. The summed E-state index contributed by atoms with van der Waals surface area (Å²) >= 11 is 0. The Bertz CT molecular complexity index is 2030. The molecule has 0 bridgehead atoms. The fourth-order valence-electron chi connectivity index (χ4n) is 7.22. The van der Waals surface area contributed by atoms with Crippen molar-refractivity contribution in [2.24, 2.45) is 5.92 Å². The lowest BCUT2D eigenvalue weighted by atomic mass is 9.79. The van der Waals surface area contributed by atoms with E-state index in [4.69, 9.17) is 9.97 Å². The summed E-state index contributed by atoms with van der Waals surface area (Å²) in [6.07, 6.45) is 10.8. The minimum absolute atomic E-state index is 0.0598. The zero-order valence-corrected chi connectivity index (χ0v) is 29.1. The number of rotatable bonds is 13. The van der Waals surface area contributed by atoms with E-state index in [1.807, 2.05) is 24.3 Å². The average molecular weight is 692 g/mol. The van der Waals surface area contributed by atoms with Gasteiger partial charge in [0.1, 0.15) is 11.6 Å². The molecule has 13 nitrogen and oxygen atoms in total. The van der Waals surface area contributed by atoms with E-state index in [1.165, 1.54) is 13.5 Å². The number of nitrogens with zero attached hydrogens (tertiary/aromatic N) is 4. The summed E-state index contributed by atoms with van der Waals surface area (Å²) in [5, 5.41) is 10.7. The molecular formula is C38H45N9O4. The van der Waals surface area contributed by atoms with Crippen LogP contribution >= 0.6 is 0 Å². The lowest BCUT2D eigenvalue weighted by molar-refractivity contribution is -0.136. The maximum atomic E-state index is 13.5. The maximum absolute atomic E-state index is 13.5. The van der Waals surface area contributed by atoms with E-state index < -0.39 is 6.09 Å². The zero-order valence-electron chi connectivity index (χ0n) is 29.1. The molecule has 13 heteroatoms. The van der Waals surface area contributed by atoms with Crippen LogP contribution in [0.3, 0.4) is 0 Å². The van der Waals surface area contributed by atoms with Gasteiger partial charge in [0.2, 0.25) is 11.8 Å². The second-order valence-electron chi connectivity index (χ2n) is 13.5. The summed E-state index contributed by atoms with van der Waals surface area (Å²) in [6.45, 7) is 1.17. The van der Waals surface area contributed by atoms with E-state index in [2.05, 4.69) is 78.1 Å². The molecule has 266 valence electrons. The van der Waals surface area contributed by atoms with Gasteiger partial charge in [-0.25, -0.2) is 19.7 Å². The molecule has 5 N–H and O–H groups in total. The standard InChI is InChI=1S/C38H45N9O4/c1-39-34(23-7-5-8-23)37(49)47-16-6-9-31(47)36-45-29-19-28(20-42-35(29)46-36)26-12-11-25-18-27(14-13-24(25)17-26)30-21-41-32(44-30)10-3-4-15-40-33(48)22-43-38(50)51-2/h11-14,17-21,23,31,34,39H,3-10,15-16,22H2,1-2H3,(H,40,48)(H,41,44)(H,43,50)(H,42,45,46). The van der Waals surface area contributed by atoms with E-state index in [1.54, 1.807) is 0 Å². The quantitative estimate of drug-likeness (QED) is 0.107. The van der Waals surface area contributed by atoms with Gasteiger partial charge in [-0.2, -0.15) is 0 Å². The third-order valence-corrected chi connectivity index (χ3v) is 10.3. The van der Waals surface area contributed by atoms with E-state index in [-0.39, 0.29) is 30.4 Å². The van der Waals surface area contributed by atoms with Crippen molar-refractivity contribution in [1.29, 1.82) is 0 Å².